The molecular weight excluding hydrogens is 248 g/mol. The van der Waals surface area contributed by atoms with Crippen LogP contribution in [0.5, 0.6) is 0 Å². The maximum absolute atomic E-state index is 12.7. The van der Waals surface area contributed by atoms with Crippen LogP contribution in [0.2, 0.25) is 0 Å². The van der Waals surface area contributed by atoms with Gasteiger partial charge in [0.25, 0.3) is 0 Å². The Balaban J connectivity index is 1.85. The summed E-state index contributed by atoms with van der Waals surface area (Å²) in [6, 6.07) is 0. The summed E-state index contributed by atoms with van der Waals surface area (Å²) in [7, 11) is 0. The van der Waals surface area contributed by atoms with Crippen LogP contribution in [0.1, 0.15) is 59.3 Å². The number of nitrogens with two attached hydrogens (primary N) is 1. The predicted molar refractivity (Wildman–Crippen MR) is 83.3 cm³/mol. The molecule has 0 bridgehead atoms. The van der Waals surface area contributed by atoms with E-state index in [9.17, 15) is 4.79 Å². The van der Waals surface area contributed by atoms with Crippen molar-refractivity contribution in [3.8, 4) is 0 Å². The quantitative estimate of drug-likeness (QED) is 0.845. The van der Waals surface area contributed by atoms with E-state index >= 15 is 0 Å². The summed E-state index contributed by atoms with van der Waals surface area (Å²) < 4.78 is 0. The van der Waals surface area contributed by atoms with Crippen molar-refractivity contribution >= 4 is 5.91 Å². The highest BCUT2D eigenvalue weighted by Gasteiger charge is 2.35. The van der Waals surface area contributed by atoms with Gasteiger partial charge >= 0.3 is 0 Å². The molecule has 20 heavy (non-hydrogen) atoms. The largest absolute Gasteiger partial charge is 0.342 e. The molecule has 2 N–H and O–H groups in total. The lowest BCUT2D eigenvalue weighted by Gasteiger charge is -2.39. The zero-order chi connectivity index (χ0) is 14.8. The number of likely N-dealkylation sites (tertiary alicyclic amines) is 1. The molecule has 0 aromatic carbocycles. The zero-order valence-corrected chi connectivity index (χ0v) is 13.5. The molecule has 1 atom stereocenters. The highest BCUT2D eigenvalue weighted by molar-refractivity contribution is 5.79. The average Bonchev–Trinajstić information content (AvgIpc) is 2.46. The lowest BCUT2D eigenvalue weighted by atomic mass is 9.69. The number of carbonyl (C=O) groups is 1. The van der Waals surface area contributed by atoms with Crippen molar-refractivity contribution in [2.45, 2.75) is 59.3 Å². The van der Waals surface area contributed by atoms with Crippen LogP contribution >= 0.6 is 0 Å². The van der Waals surface area contributed by atoms with Crippen LogP contribution in [0.25, 0.3) is 0 Å². The SMILES string of the molecule is CC(C)(C)C1CCC(C(=O)N2CCCC(CN)C2)CC1. The Morgan fingerprint density at radius 2 is 1.80 bits per heavy atom. The maximum Gasteiger partial charge on any atom is 0.225 e. The molecule has 3 nitrogen and oxygen atoms in total. The van der Waals surface area contributed by atoms with Crippen molar-refractivity contribution in [3.63, 3.8) is 0 Å². The molecule has 1 unspecified atom stereocenters. The van der Waals surface area contributed by atoms with Gasteiger partial charge in [-0.3, -0.25) is 4.79 Å². The van der Waals surface area contributed by atoms with E-state index in [4.69, 9.17) is 5.73 Å². The second-order valence-corrected chi connectivity index (χ2v) is 7.94. The molecule has 0 radical (unpaired) electrons. The molecule has 0 aromatic heterocycles. The number of rotatable bonds is 2. The van der Waals surface area contributed by atoms with Gasteiger partial charge in [0.1, 0.15) is 0 Å². The van der Waals surface area contributed by atoms with Crippen LogP contribution in [0.15, 0.2) is 0 Å². The van der Waals surface area contributed by atoms with Crippen LogP contribution in [-0.4, -0.2) is 30.4 Å². The first-order chi connectivity index (χ1) is 9.41. The monoisotopic (exact) mass is 280 g/mol. The van der Waals surface area contributed by atoms with Crippen LogP contribution in [0.4, 0.5) is 0 Å². The molecular formula is C17H32N2O. The third kappa shape index (κ3) is 3.75. The van der Waals surface area contributed by atoms with E-state index in [1.54, 1.807) is 0 Å². The van der Waals surface area contributed by atoms with E-state index in [1.165, 1.54) is 19.3 Å². The summed E-state index contributed by atoms with van der Waals surface area (Å²) in [5.41, 5.74) is 6.16. The van der Waals surface area contributed by atoms with Crippen molar-refractivity contribution in [1.82, 2.24) is 4.90 Å². The molecule has 1 saturated heterocycles. The van der Waals surface area contributed by atoms with E-state index in [2.05, 4.69) is 25.7 Å². The third-order valence-electron chi connectivity index (χ3n) is 5.47. The number of hydrogen-bond acceptors (Lipinski definition) is 2. The lowest BCUT2D eigenvalue weighted by Crippen LogP contribution is -2.45. The van der Waals surface area contributed by atoms with Crippen LogP contribution in [0, 0.1) is 23.2 Å². The topological polar surface area (TPSA) is 46.3 Å². The Morgan fingerprint density at radius 3 is 2.35 bits per heavy atom. The third-order valence-corrected chi connectivity index (χ3v) is 5.47. The van der Waals surface area contributed by atoms with Crippen LogP contribution in [-0.2, 0) is 4.79 Å². The van der Waals surface area contributed by atoms with Crippen LogP contribution in [0.3, 0.4) is 0 Å². The van der Waals surface area contributed by atoms with Gasteiger partial charge < -0.3 is 10.6 Å². The van der Waals surface area contributed by atoms with Crippen molar-refractivity contribution in [3.05, 3.63) is 0 Å². The summed E-state index contributed by atoms with van der Waals surface area (Å²) in [5.74, 6) is 2.00. The summed E-state index contributed by atoms with van der Waals surface area (Å²) in [6.07, 6.45) is 6.93. The molecule has 1 aliphatic heterocycles. The predicted octanol–water partition coefficient (Wildman–Crippen LogP) is 3.04. The molecule has 0 spiro atoms. The molecule has 1 aliphatic carbocycles. The lowest BCUT2D eigenvalue weighted by molar-refractivity contribution is -0.139. The summed E-state index contributed by atoms with van der Waals surface area (Å²) in [5, 5.41) is 0. The molecule has 2 aliphatic rings. The smallest absolute Gasteiger partial charge is 0.225 e. The van der Waals surface area contributed by atoms with Crippen LogP contribution < -0.4 is 5.73 Å². The first-order valence-electron chi connectivity index (χ1n) is 8.40. The van der Waals surface area contributed by atoms with E-state index in [0.29, 0.717) is 17.2 Å². The summed E-state index contributed by atoms with van der Waals surface area (Å²) in [4.78, 5) is 14.8. The number of carbonyl (C=O) groups excluding carboxylic acids is 1. The average molecular weight is 280 g/mol. The second kappa shape index (κ2) is 6.46. The van der Waals surface area contributed by atoms with Gasteiger partial charge in [0.05, 0.1) is 0 Å². The molecule has 1 saturated carbocycles. The first kappa shape index (κ1) is 15.8. The molecule has 116 valence electrons. The summed E-state index contributed by atoms with van der Waals surface area (Å²) in [6.45, 7) is 9.56. The highest BCUT2D eigenvalue weighted by Crippen LogP contribution is 2.40. The van der Waals surface area contributed by atoms with Crippen molar-refractivity contribution in [2.75, 3.05) is 19.6 Å². The fraction of sp³-hybridized carbons (Fsp3) is 0.941. The van der Waals surface area contributed by atoms with E-state index < -0.39 is 0 Å². The fourth-order valence-electron chi connectivity index (χ4n) is 3.92. The normalized spacial score (nSPS) is 32.2. The molecule has 3 heteroatoms. The minimum atomic E-state index is 0.283. The molecule has 2 fully saturated rings. The van der Waals surface area contributed by atoms with Gasteiger partial charge in [-0.25, -0.2) is 0 Å². The molecule has 2 rings (SSSR count). The Morgan fingerprint density at radius 1 is 1.15 bits per heavy atom. The maximum atomic E-state index is 12.7. The second-order valence-electron chi connectivity index (χ2n) is 7.94. The Bertz CT molecular complexity index is 326. The molecule has 1 amide bonds. The summed E-state index contributed by atoms with van der Waals surface area (Å²) >= 11 is 0. The van der Waals surface area contributed by atoms with Gasteiger partial charge in [-0.2, -0.15) is 0 Å². The van der Waals surface area contributed by atoms with E-state index in [1.807, 2.05) is 0 Å². The number of piperidine rings is 1. The molecule has 0 aromatic rings. The van der Waals surface area contributed by atoms with Gasteiger partial charge in [0.15, 0.2) is 0 Å². The van der Waals surface area contributed by atoms with Gasteiger partial charge in [-0.15, -0.1) is 0 Å². The minimum Gasteiger partial charge on any atom is -0.342 e. The Kier molecular flexibility index (Phi) is 5.11. The highest BCUT2D eigenvalue weighted by atomic mass is 16.2. The number of nitrogens with zero attached hydrogens (tertiary/aromatic N) is 1. The van der Waals surface area contributed by atoms with Crippen molar-refractivity contribution in [1.29, 1.82) is 0 Å². The van der Waals surface area contributed by atoms with E-state index in [0.717, 1.165) is 44.8 Å². The Labute approximate surface area is 124 Å². The fourth-order valence-corrected chi connectivity index (χ4v) is 3.92. The van der Waals surface area contributed by atoms with Gasteiger partial charge in [-0.05, 0) is 62.3 Å². The van der Waals surface area contributed by atoms with Crippen molar-refractivity contribution < 1.29 is 4.79 Å². The van der Waals surface area contributed by atoms with Crippen molar-refractivity contribution in [2.24, 2.45) is 28.9 Å². The van der Waals surface area contributed by atoms with Gasteiger partial charge in [-0.1, -0.05) is 20.8 Å². The first-order valence-corrected chi connectivity index (χ1v) is 8.40. The van der Waals surface area contributed by atoms with Gasteiger partial charge in [0.2, 0.25) is 5.91 Å². The number of amides is 1. The zero-order valence-electron chi connectivity index (χ0n) is 13.5. The van der Waals surface area contributed by atoms with E-state index in [-0.39, 0.29) is 5.92 Å². The molecule has 1 heterocycles. The standard InChI is InChI=1S/C17H32N2O/c1-17(2,3)15-8-6-14(7-9-15)16(20)19-10-4-5-13(11-18)12-19/h13-15H,4-12,18H2,1-3H3. The minimum absolute atomic E-state index is 0.283. The Hall–Kier alpha value is -0.570. The van der Waals surface area contributed by atoms with Gasteiger partial charge in [0, 0.05) is 19.0 Å². The number of hydrogen-bond donors (Lipinski definition) is 1.